The Morgan fingerprint density at radius 3 is 2.61 bits per heavy atom. The maximum Gasteiger partial charge on any atom is 0.224 e. The second-order valence-electron chi connectivity index (χ2n) is 8.13. The molecule has 0 aromatic heterocycles. The van der Waals surface area contributed by atoms with E-state index in [0.717, 1.165) is 35.5 Å². The summed E-state index contributed by atoms with van der Waals surface area (Å²) in [5.74, 6) is -0.812. The number of rotatable bonds is 10. The molecule has 1 N–H and O–H groups in total. The third kappa shape index (κ3) is 6.37. The second-order valence-corrected chi connectivity index (χ2v) is 8.13. The molecule has 6 nitrogen and oxygen atoms in total. The predicted molar refractivity (Wildman–Crippen MR) is 121 cm³/mol. The number of ether oxygens (including phenoxy) is 1. The van der Waals surface area contributed by atoms with E-state index >= 15 is 0 Å². The molecule has 2 unspecified atom stereocenters. The van der Waals surface area contributed by atoms with Crippen molar-refractivity contribution in [2.45, 2.75) is 45.1 Å². The minimum atomic E-state index is -0.537. The van der Waals surface area contributed by atoms with Crippen LogP contribution in [0, 0.1) is 5.92 Å². The summed E-state index contributed by atoms with van der Waals surface area (Å²) in [7, 11) is 0. The molecule has 31 heavy (non-hydrogen) atoms. The van der Waals surface area contributed by atoms with Gasteiger partial charge in [-0.1, -0.05) is 62.2 Å². The summed E-state index contributed by atoms with van der Waals surface area (Å²) in [4.78, 5) is 39.3. The number of hydrogen-bond donors (Lipinski definition) is 1. The number of hydrogen-bond acceptors (Lipinski definition) is 4. The maximum atomic E-state index is 13.2. The Bertz CT molecular complexity index is 887. The number of nitrogens with zero attached hydrogens (tertiary/aromatic N) is 1. The van der Waals surface area contributed by atoms with Crippen LogP contribution in [0.15, 0.2) is 42.5 Å². The maximum absolute atomic E-state index is 13.2. The van der Waals surface area contributed by atoms with E-state index in [2.05, 4.69) is 5.32 Å². The number of morpholine rings is 1. The van der Waals surface area contributed by atoms with Crippen molar-refractivity contribution in [1.29, 1.82) is 0 Å². The molecule has 3 rings (SSSR count). The molecular formula is C25H32N2O4. The largest absolute Gasteiger partial charge is 0.378 e. The molecule has 2 atom stereocenters. The van der Waals surface area contributed by atoms with Crippen molar-refractivity contribution in [3.8, 4) is 0 Å². The van der Waals surface area contributed by atoms with Gasteiger partial charge in [0.05, 0.1) is 25.2 Å². The van der Waals surface area contributed by atoms with Gasteiger partial charge in [-0.2, -0.15) is 0 Å². The van der Waals surface area contributed by atoms with E-state index in [1.807, 2.05) is 49.4 Å². The molecule has 166 valence electrons. The first-order chi connectivity index (χ1) is 15.1. The van der Waals surface area contributed by atoms with Crippen LogP contribution in [0.25, 0.3) is 10.8 Å². The van der Waals surface area contributed by atoms with Crippen molar-refractivity contribution in [1.82, 2.24) is 10.2 Å². The number of nitrogens with one attached hydrogen (secondary N) is 1. The average molecular weight is 425 g/mol. The Hall–Kier alpha value is -2.73. The van der Waals surface area contributed by atoms with Crippen LogP contribution in [0.3, 0.4) is 0 Å². The molecule has 0 radical (unpaired) electrons. The van der Waals surface area contributed by atoms with Gasteiger partial charge < -0.3 is 19.7 Å². The average Bonchev–Trinajstić information content (AvgIpc) is 2.81. The van der Waals surface area contributed by atoms with Crippen molar-refractivity contribution in [3.05, 3.63) is 48.0 Å². The highest BCUT2D eigenvalue weighted by Crippen LogP contribution is 2.23. The van der Waals surface area contributed by atoms with Gasteiger partial charge in [-0.25, -0.2) is 0 Å². The van der Waals surface area contributed by atoms with E-state index in [1.54, 1.807) is 4.90 Å². The highest BCUT2D eigenvalue weighted by atomic mass is 16.5. The molecule has 1 heterocycles. The number of benzene rings is 2. The van der Waals surface area contributed by atoms with Crippen LogP contribution in [0.1, 0.15) is 38.2 Å². The predicted octanol–water partition coefficient (Wildman–Crippen LogP) is 3.12. The van der Waals surface area contributed by atoms with E-state index in [4.69, 9.17) is 4.74 Å². The fourth-order valence-electron chi connectivity index (χ4n) is 4.04. The Kier molecular flexibility index (Phi) is 8.59. The van der Waals surface area contributed by atoms with Crippen molar-refractivity contribution in [3.63, 3.8) is 0 Å². The topological polar surface area (TPSA) is 75.7 Å². The SMILES string of the molecule is CCCCC(C=O)NC(=O)C(CC(=O)N1CCOCC1)Cc1cccc2ccccc12. The van der Waals surface area contributed by atoms with Gasteiger partial charge in [-0.3, -0.25) is 9.59 Å². The molecule has 2 aromatic carbocycles. The molecule has 6 heteroatoms. The number of fused-ring (bicyclic) bond motifs is 1. The van der Waals surface area contributed by atoms with E-state index in [-0.39, 0.29) is 18.2 Å². The summed E-state index contributed by atoms with van der Waals surface area (Å²) >= 11 is 0. The van der Waals surface area contributed by atoms with Crippen LogP contribution in [0.2, 0.25) is 0 Å². The lowest BCUT2D eigenvalue weighted by Crippen LogP contribution is -2.45. The lowest BCUT2D eigenvalue weighted by atomic mass is 9.91. The molecule has 0 spiro atoms. The van der Waals surface area contributed by atoms with E-state index < -0.39 is 12.0 Å². The van der Waals surface area contributed by atoms with Gasteiger partial charge in [0.25, 0.3) is 0 Å². The first-order valence-corrected chi connectivity index (χ1v) is 11.2. The summed E-state index contributed by atoms with van der Waals surface area (Å²) in [5, 5.41) is 5.06. The van der Waals surface area contributed by atoms with Crippen LogP contribution in [0.4, 0.5) is 0 Å². The molecule has 0 saturated carbocycles. The molecule has 1 fully saturated rings. The van der Waals surface area contributed by atoms with Crippen LogP contribution in [-0.2, 0) is 25.5 Å². The standard InChI is InChI=1S/C25H32N2O4/c1-2-3-10-22(18-28)26-25(30)21(17-24(29)27-12-14-31-15-13-27)16-20-9-6-8-19-7-4-5-11-23(19)20/h4-9,11,18,21-22H,2-3,10,12-17H2,1H3,(H,26,30). The van der Waals surface area contributed by atoms with Crippen molar-refractivity contribution < 1.29 is 19.1 Å². The second kappa shape index (κ2) is 11.6. The normalized spacial score (nSPS) is 16.0. The zero-order chi connectivity index (χ0) is 22.1. The van der Waals surface area contributed by atoms with Crippen molar-refractivity contribution >= 4 is 28.9 Å². The van der Waals surface area contributed by atoms with Crippen LogP contribution in [-0.4, -0.2) is 55.3 Å². The first-order valence-electron chi connectivity index (χ1n) is 11.2. The van der Waals surface area contributed by atoms with Gasteiger partial charge in [0.15, 0.2) is 0 Å². The minimum absolute atomic E-state index is 0.0418. The third-order valence-electron chi connectivity index (χ3n) is 5.86. The Labute approximate surface area is 183 Å². The van der Waals surface area contributed by atoms with Crippen LogP contribution >= 0.6 is 0 Å². The molecule has 0 aliphatic carbocycles. The van der Waals surface area contributed by atoms with Crippen LogP contribution in [0.5, 0.6) is 0 Å². The summed E-state index contributed by atoms with van der Waals surface area (Å²) < 4.78 is 5.34. The summed E-state index contributed by atoms with van der Waals surface area (Å²) in [6.45, 7) is 4.20. The van der Waals surface area contributed by atoms with Gasteiger partial charge in [0, 0.05) is 19.5 Å². The van der Waals surface area contributed by atoms with Gasteiger partial charge in [-0.15, -0.1) is 0 Å². The highest BCUT2D eigenvalue weighted by molar-refractivity contribution is 5.89. The summed E-state index contributed by atoms with van der Waals surface area (Å²) in [6, 6.07) is 13.6. The van der Waals surface area contributed by atoms with E-state index in [9.17, 15) is 14.4 Å². The highest BCUT2D eigenvalue weighted by Gasteiger charge is 2.28. The van der Waals surface area contributed by atoms with Gasteiger partial charge in [0.1, 0.15) is 6.29 Å². The number of amides is 2. The quantitative estimate of drug-likeness (QED) is 0.595. The molecule has 0 bridgehead atoms. The first kappa shape index (κ1) is 22.9. The Balaban J connectivity index is 1.79. The molecule has 1 aliphatic rings. The number of carbonyl (C=O) groups excluding carboxylic acids is 3. The molecule has 2 aromatic rings. The van der Waals surface area contributed by atoms with Crippen molar-refractivity contribution in [2.24, 2.45) is 5.92 Å². The fraction of sp³-hybridized carbons (Fsp3) is 0.480. The summed E-state index contributed by atoms with van der Waals surface area (Å²) in [6.07, 6.45) is 3.80. The number of aldehydes is 1. The van der Waals surface area contributed by atoms with Crippen LogP contribution < -0.4 is 5.32 Å². The fourth-order valence-corrected chi connectivity index (χ4v) is 4.04. The molecule has 1 aliphatic heterocycles. The monoisotopic (exact) mass is 424 g/mol. The van der Waals surface area contributed by atoms with Gasteiger partial charge in [-0.05, 0) is 29.2 Å². The lowest BCUT2D eigenvalue weighted by molar-refractivity contribution is -0.139. The molecular weight excluding hydrogens is 392 g/mol. The zero-order valence-electron chi connectivity index (χ0n) is 18.2. The minimum Gasteiger partial charge on any atom is -0.378 e. The summed E-state index contributed by atoms with van der Waals surface area (Å²) in [5.41, 5.74) is 1.03. The van der Waals surface area contributed by atoms with E-state index in [0.29, 0.717) is 39.1 Å². The van der Waals surface area contributed by atoms with Gasteiger partial charge >= 0.3 is 0 Å². The number of unbranched alkanes of at least 4 members (excludes halogenated alkanes) is 1. The number of carbonyl (C=O) groups is 3. The Morgan fingerprint density at radius 1 is 1.13 bits per heavy atom. The van der Waals surface area contributed by atoms with Gasteiger partial charge in [0.2, 0.25) is 11.8 Å². The smallest absolute Gasteiger partial charge is 0.224 e. The zero-order valence-corrected chi connectivity index (χ0v) is 18.2. The molecule has 2 amide bonds. The third-order valence-corrected chi connectivity index (χ3v) is 5.86. The Morgan fingerprint density at radius 2 is 1.87 bits per heavy atom. The lowest BCUT2D eigenvalue weighted by Gasteiger charge is -2.28. The van der Waals surface area contributed by atoms with E-state index in [1.165, 1.54) is 0 Å². The van der Waals surface area contributed by atoms with Crippen molar-refractivity contribution in [2.75, 3.05) is 26.3 Å². The molecule has 1 saturated heterocycles.